The van der Waals surface area contributed by atoms with E-state index in [1.165, 1.54) is 13.2 Å². The first-order valence-corrected chi connectivity index (χ1v) is 7.04. The topological polar surface area (TPSA) is 63.6 Å². The van der Waals surface area contributed by atoms with Crippen LogP contribution in [0.3, 0.4) is 0 Å². The fraction of sp³-hybridized carbons (Fsp3) is 0.500. The van der Waals surface area contributed by atoms with Crippen molar-refractivity contribution < 1.29 is 18.3 Å². The van der Waals surface area contributed by atoms with Gasteiger partial charge in [0.25, 0.3) is 0 Å². The number of hydrogen-bond donors (Lipinski definition) is 1. The molecule has 0 bridgehead atoms. The van der Waals surface area contributed by atoms with E-state index in [1.807, 2.05) is 0 Å². The Hall–Kier alpha value is -1.07. The Morgan fingerprint density at radius 1 is 1.35 bits per heavy atom. The van der Waals surface area contributed by atoms with Crippen molar-refractivity contribution in [3.05, 3.63) is 24.3 Å². The molecule has 1 aromatic rings. The molecular weight excluding hydrogens is 240 g/mol. The molecular formula is C12H16O4S. The van der Waals surface area contributed by atoms with Crippen molar-refractivity contribution in [3.8, 4) is 5.75 Å². The molecule has 0 spiro atoms. The highest BCUT2D eigenvalue weighted by molar-refractivity contribution is 7.93. The Morgan fingerprint density at radius 2 is 2.00 bits per heavy atom. The molecule has 1 aliphatic carbocycles. The van der Waals surface area contributed by atoms with Crippen LogP contribution >= 0.6 is 0 Å². The van der Waals surface area contributed by atoms with E-state index in [0.717, 1.165) is 6.42 Å². The van der Waals surface area contributed by atoms with Crippen LogP contribution in [0.5, 0.6) is 5.75 Å². The molecule has 0 heterocycles. The summed E-state index contributed by atoms with van der Waals surface area (Å²) in [5, 5.41) is 9.38. The molecule has 0 radical (unpaired) electrons. The second-order valence-electron chi connectivity index (χ2n) is 4.35. The first-order valence-electron chi connectivity index (χ1n) is 5.56. The van der Waals surface area contributed by atoms with Crippen LogP contribution in [0.4, 0.5) is 0 Å². The van der Waals surface area contributed by atoms with Gasteiger partial charge in [0.05, 0.1) is 18.5 Å². The third-order valence-corrected chi connectivity index (χ3v) is 6.08. The molecule has 0 unspecified atom stereocenters. The summed E-state index contributed by atoms with van der Waals surface area (Å²) < 4.78 is 29.1. The van der Waals surface area contributed by atoms with Crippen molar-refractivity contribution in [1.29, 1.82) is 0 Å². The SMILES string of the molecule is COc1ccccc1S(=O)(=O)C1(CO)CCC1. The van der Waals surface area contributed by atoms with Gasteiger partial charge in [-0.15, -0.1) is 0 Å². The average Bonchev–Trinajstić information content (AvgIpc) is 2.28. The molecule has 94 valence electrons. The van der Waals surface area contributed by atoms with Crippen LogP contribution in [0, 0.1) is 0 Å². The molecule has 0 atom stereocenters. The minimum atomic E-state index is -3.53. The molecule has 5 heteroatoms. The molecule has 0 aliphatic heterocycles. The van der Waals surface area contributed by atoms with Gasteiger partial charge >= 0.3 is 0 Å². The standard InChI is InChI=1S/C12H16O4S/c1-16-10-5-2-3-6-11(10)17(14,15)12(9-13)7-4-8-12/h2-3,5-6,13H,4,7-9H2,1H3. The summed E-state index contributed by atoms with van der Waals surface area (Å²) in [6, 6.07) is 6.55. The van der Waals surface area contributed by atoms with Crippen molar-refractivity contribution in [2.75, 3.05) is 13.7 Å². The number of ether oxygens (including phenoxy) is 1. The van der Waals surface area contributed by atoms with Crippen LogP contribution in [-0.2, 0) is 9.84 Å². The summed E-state index contributed by atoms with van der Waals surface area (Å²) in [6.07, 6.45) is 1.88. The average molecular weight is 256 g/mol. The third kappa shape index (κ3) is 1.73. The quantitative estimate of drug-likeness (QED) is 0.884. The van der Waals surface area contributed by atoms with Crippen molar-refractivity contribution in [2.45, 2.75) is 28.9 Å². The van der Waals surface area contributed by atoms with Gasteiger partial charge in [-0.3, -0.25) is 0 Å². The number of para-hydroxylation sites is 1. The zero-order chi connectivity index (χ0) is 12.5. The molecule has 0 saturated heterocycles. The monoisotopic (exact) mass is 256 g/mol. The van der Waals surface area contributed by atoms with Crippen molar-refractivity contribution in [2.24, 2.45) is 0 Å². The highest BCUT2D eigenvalue weighted by Gasteiger charge is 2.49. The first-order chi connectivity index (χ1) is 8.07. The van der Waals surface area contributed by atoms with E-state index in [9.17, 15) is 13.5 Å². The van der Waals surface area contributed by atoms with E-state index < -0.39 is 14.6 Å². The van der Waals surface area contributed by atoms with Crippen molar-refractivity contribution in [1.82, 2.24) is 0 Å². The van der Waals surface area contributed by atoms with Gasteiger partial charge in [0.2, 0.25) is 0 Å². The number of aliphatic hydroxyl groups excluding tert-OH is 1. The Morgan fingerprint density at radius 3 is 2.47 bits per heavy atom. The maximum Gasteiger partial charge on any atom is 0.189 e. The van der Waals surface area contributed by atoms with Crippen LogP contribution < -0.4 is 4.74 Å². The third-order valence-electron chi connectivity index (χ3n) is 3.48. The first kappa shape index (κ1) is 12.4. The lowest BCUT2D eigenvalue weighted by molar-refractivity contribution is 0.181. The van der Waals surface area contributed by atoms with Gasteiger partial charge in [-0.2, -0.15) is 0 Å². The van der Waals surface area contributed by atoms with Gasteiger partial charge in [0.1, 0.15) is 10.6 Å². The molecule has 1 aromatic carbocycles. The second kappa shape index (κ2) is 4.31. The molecule has 1 N–H and O–H groups in total. The van der Waals surface area contributed by atoms with Crippen molar-refractivity contribution in [3.63, 3.8) is 0 Å². The minimum Gasteiger partial charge on any atom is -0.495 e. The normalized spacial score (nSPS) is 18.5. The van der Waals surface area contributed by atoms with E-state index in [0.29, 0.717) is 18.6 Å². The van der Waals surface area contributed by atoms with E-state index in [4.69, 9.17) is 4.74 Å². The Kier molecular flexibility index (Phi) is 3.14. The van der Waals surface area contributed by atoms with E-state index >= 15 is 0 Å². The zero-order valence-corrected chi connectivity index (χ0v) is 10.5. The summed E-state index contributed by atoms with van der Waals surface area (Å²) in [5.41, 5.74) is 0. The minimum absolute atomic E-state index is 0.177. The lowest BCUT2D eigenvalue weighted by atomic mass is 9.85. The Bertz CT molecular complexity index is 497. The van der Waals surface area contributed by atoms with Crippen LogP contribution in [0.15, 0.2) is 29.2 Å². The number of methoxy groups -OCH3 is 1. The molecule has 1 saturated carbocycles. The fourth-order valence-corrected chi connectivity index (χ4v) is 4.29. The van der Waals surface area contributed by atoms with E-state index in [1.54, 1.807) is 18.2 Å². The van der Waals surface area contributed by atoms with E-state index in [2.05, 4.69) is 0 Å². The highest BCUT2D eigenvalue weighted by Crippen LogP contribution is 2.44. The number of sulfone groups is 1. The van der Waals surface area contributed by atoms with Crippen LogP contribution in [0.2, 0.25) is 0 Å². The highest BCUT2D eigenvalue weighted by atomic mass is 32.2. The van der Waals surface area contributed by atoms with Gasteiger partial charge in [0, 0.05) is 0 Å². The van der Waals surface area contributed by atoms with Crippen LogP contribution in [0.1, 0.15) is 19.3 Å². The van der Waals surface area contributed by atoms with Crippen LogP contribution in [0.25, 0.3) is 0 Å². The Balaban J connectivity index is 2.52. The number of rotatable bonds is 4. The summed E-state index contributed by atoms with van der Waals surface area (Å²) >= 11 is 0. The predicted octanol–water partition coefficient (Wildman–Crippen LogP) is 1.38. The second-order valence-corrected chi connectivity index (χ2v) is 6.66. The maximum atomic E-state index is 12.5. The van der Waals surface area contributed by atoms with Gasteiger partial charge in [-0.05, 0) is 25.0 Å². The zero-order valence-electron chi connectivity index (χ0n) is 9.72. The number of benzene rings is 1. The molecule has 2 rings (SSSR count). The lowest BCUT2D eigenvalue weighted by Crippen LogP contribution is -2.48. The van der Waals surface area contributed by atoms with Crippen LogP contribution in [-0.4, -0.2) is 32.0 Å². The smallest absolute Gasteiger partial charge is 0.189 e. The molecule has 1 fully saturated rings. The lowest BCUT2D eigenvalue weighted by Gasteiger charge is -2.39. The largest absolute Gasteiger partial charge is 0.495 e. The predicted molar refractivity (Wildman–Crippen MR) is 63.8 cm³/mol. The Labute approximate surface area is 101 Å². The molecule has 17 heavy (non-hydrogen) atoms. The van der Waals surface area contributed by atoms with E-state index in [-0.39, 0.29) is 11.5 Å². The van der Waals surface area contributed by atoms with Crippen molar-refractivity contribution >= 4 is 9.84 Å². The maximum absolute atomic E-state index is 12.5. The van der Waals surface area contributed by atoms with Gasteiger partial charge in [-0.25, -0.2) is 8.42 Å². The summed E-state index contributed by atoms with van der Waals surface area (Å²) in [5.74, 6) is 0.340. The summed E-state index contributed by atoms with van der Waals surface area (Å²) in [7, 11) is -2.09. The summed E-state index contributed by atoms with van der Waals surface area (Å²) in [6.45, 7) is -0.326. The van der Waals surface area contributed by atoms with Gasteiger partial charge in [0.15, 0.2) is 9.84 Å². The molecule has 0 aromatic heterocycles. The molecule has 4 nitrogen and oxygen atoms in total. The van der Waals surface area contributed by atoms with Gasteiger partial charge < -0.3 is 9.84 Å². The van der Waals surface area contributed by atoms with Gasteiger partial charge in [-0.1, -0.05) is 18.6 Å². The number of aliphatic hydroxyl groups is 1. The fourth-order valence-electron chi connectivity index (χ4n) is 2.16. The molecule has 1 aliphatic rings. The summed E-state index contributed by atoms with van der Waals surface area (Å²) in [4.78, 5) is 0.177. The molecule has 0 amide bonds. The number of hydrogen-bond acceptors (Lipinski definition) is 4.